The molecule has 9 nitrogen and oxygen atoms in total. The largest absolute Gasteiger partial charge is 0.332 e. The number of nitrogens with zero attached hydrogens (tertiary/aromatic N) is 5. The van der Waals surface area contributed by atoms with E-state index in [1.165, 1.54) is 18.7 Å². The molecule has 0 saturated carbocycles. The predicted octanol–water partition coefficient (Wildman–Crippen LogP) is 1.72. The van der Waals surface area contributed by atoms with E-state index in [-0.39, 0.29) is 17.1 Å². The van der Waals surface area contributed by atoms with Crippen LogP contribution in [0.2, 0.25) is 5.02 Å². The average Bonchev–Trinajstić information content (AvgIpc) is 2.95. The van der Waals surface area contributed by atoms with Crippen molar-refractivity contribution in [3.63, 3.8) is 0 Å². The first-order valence-electron chi connectivity index (χ1n) is 6.55. The average molecular weight is 334 g/mol. The monoisotopic (exact) mass is 333 g/mol. The Morgan fingerprint density at radius 1 is 1.26 bits per heavy atom. The van der Waals surface area contributed by atoms with Crippen LogP contribution in [-0.4, -0.2) is 19.1 Å². The van der Waals surface area contributed by atoms with Crippen molar-refractivity contribution in [2.45, 2.75) is 0 Å². The van der Waals surface area contributed by atoms with Crippen LogP contribution in [0.1, 0.15) is 0 Å². The number of halogens is 1. The highest BCUT2D eigenvalue weighted by molar-refractivity contribution is 6.30. The Morgan fingerprint density at radius 3 is 2.78 bits per heavy atom. The second-order valence-corrected chi connectivity index (χ2v) is 5.22. The smallest absolute Gasteiger partial charge is 0.315 e. The number of benzene rings is 1. The maximum atomic E-state index is 12.0. The molecule has 0 unspecified atom stereocenters. The molecule has 10 heteroatoms. The molecular weight excluding hydrogens is 322 g/mol. The van der Waals surface area contributed by atoms with Crippen LogP contribution < -0.4 is 16.7 Å². The predicted molar refractivity (Wildman–Crippen MR) is 86.2 cm³/mol. The minimum absolute atomic E-state index is 0.104. The lowest BCUT2D eigenvalue weighted by atomic mass is 10.3. The van der Waals surface area contributed by atoms with Crippen molar-refractivity contribution < 1.29 is 0 Å². The van der Waals surface area contributed by atoms with E-state index in [2.05, 4.69) is 25.7 Å². The summed E-state index contributed by atoms with van der Waals surface area (Å²) >= 11 is 5.86. The fraction of sp³-hybridized carbons (Fsp3) is 0.154. The lowest BCUT2D eigenvalue weighted by Gasteiger charge is -2.00. The molecule has 0 aliphatic heterocycles. The van der Waals surface area contributed by atoms with Gasteiger partial charge in [-0.05, 0) is 18.2 Å². The summed E-state index contributed by atoms with van der Waals surface area (Å²) in [4.78, 5) is 30.7. The molecule has 0 bridgehead atoms. The molecular formula is C13H12ClN7O2. The summed E-state index contributed by atoms with van der Waals surface area (Å²) in [7, 11) is 2.92. The summed E-state index contributed by atoms with van der Waals surface area (Å²) in [5, 5.41) is 8.19. The van der Waals surface area contributed by atoms with Gasteiger partial charge in [0.2, 0.25) is 0 Å². The minimum atomic E-state index is -0.472. The second kappa shape index (κ2) is 5.69. The Kier molecular flexibility index (Phi) is 3.70. The molecule has 0 aliphatic carbocycles. The molecule has 23 heavy (non-hydrogen) atoms. The normalized spacial score (nSPS) is 11.4. The van der Waals surface area contributed by atoms with Gasteiger partial charge in [-0.2, -0.15) is 4.98 Å². The highest BCUT2D eigenvalue weighted by atomic mass is 35.5. The number of fused-ring (bicyclic) bond motifs is 1. The van der Waals surface area contributed by atoms with Crippen LogP contribution in [0.15, 0.2) is 44.2 Å². The number of aromatic nitrogens is 4. The van der Waals surface area contributed by atoms with E-state index in [1.807, 2.05) is 0 Å². The number of anilines is 1. The summed E-state index contributed by atoms with van der Waals surface area (Å²) < 4.78 is 2.25. The maximum Gasteiger partial charge on any atom is 0.332 e. The van der Waals surface area contributed by atoms with Crippen LogP contribution in [0.5, 0.6) is 0 Å². The van der Waals surface area contributed by atoms with Gasteiger partial charge < -0.3 is 4.98 Å². The van der Waals surface area contributed by atoms with Gasteiger partial charge >= 0.3 is 5.69 Å². The van der Waals surface area contributed by atoms with Crippen molar-refractivity contribution in [2.24, 2.45) is 24.4 Å². The van der Waals surface area contributed by atoms with Crippen molar-refractivity contribution in [3.05, 3.63) is 50.1 Å². The molecule has 118 valence electrons. The lowest BCUT2D eigenvalue weighted by molar-refractivity contribution is 0.709. The number of rotatable bonds is 3. The van der Waals surface area contributed by atoms with E-state index in [0.29, 0.717) is 10.7 Å². The summed E-state index contributed by atoms with van der Waals surface area (Å²) in [6.45, 7) is 0. The van der Waals surface area contributed by atoms with Crippen LogP contribution in [0.25, 0.3) is 11.2 Å². The van der Waals surface area contributed by atoms with Gasteiger partial charge in [-0.15, -0.1) is 0 Å². The summed E-state index contributed by atoms with van der Waals surface area (Å²) in [5.74, 6) is 0.104. The van der Waals surface area contributed by atoms with Crippen LogP contribution in [-0.2, 0) is 14.1 Å². The zero-order chi connectivity index (χ0) is 16.6. The molecule has 0 radical (unpaired) electrons. The van der Waals surface area contributed by atoms with E-state index in [4.69, 9.17) is 11.6 Å². The van der Waals surface area contributed by atoms with Crippen LogP contribution >= 0.6 is 11.6 Å². The topological polar surface area (TPSA) is 109 Å². The van der Waals surface area contributed by atoms with E-state index >= 15 is 0 Å². The van der Waals surface area contributed by atoms with Crippen molar-refractivity contribution >= 4 is 34.4 Å². The van der Waals surface area contributed by atoms with Gasteiger partial charge in [0.05, 0.1) is 5.69 Å². The number of nitrogens with one attached hydrogen (secondary N) is 2. The van der Waals surface area contributed by atoms with Crippen molar-refractivity contribution in [1.82, 2.24) is 19.1 Å². The maximum absolute atomic E-state index is 12.0. The molecule has 1 aromatic carbocycles. The van der Waals surface area contributed by atoms with Gasteiger partial charge in [0, 0.05) is 19.1 Å². The molecule has 0 aliphatic rings. The zero-order valence-electron chi connectivity index (χ0n) is 12.2. The van der Waals surface area contributed by atoms with E-state index in [1.54, 1.807) is 24.3 Å². The molecule has 0 atom stereocenters. The van der Waals surface area contributed by atoms with Gasteiger partial charge in [0.25, 0.3) is 11.5 Å². The van der Waals surface area contributed by atoms with E-state index in [9.17, 15) is 9.59 Å². The Morgan fingerprint density at radius 2 is 2.04 bits per heavy atom. The first-order chi connectivity index (χ1) is 11.0. The fourth-order valence-corrected chi connectivity index (χ4v) is 2.24. The third kappa shape index (κ3) is 2.73. The number of hydrogen-bond donors (Lipinski definition) is 2. The second-order valence-electron chi connectivity index (χ2n) is 4.79. The van der Waals surface area contributed by atoms with E-state index in [0.717, 1.165) is 4.57 Å². The van der Waals surface area contributed by atoms with Crippen molar-refractivity contribution in [3.8, 4) is 0 Å². The minimum Gasteiger partial charge on any atom is -0.315 e. The highest BCUT2D eigenvalue weighted by Gasteiger charge is 2.12. The van der Waals surface area contributed by atoms with Crippen molar-refractivity contribution in [2.75, 3.05) is 5.43 Å². The summed E-state index contributed by atoms with van der Waals surface area (Å²) in [6, 6.07) is 6.95. The molecule has 2 aromatic heterocycles. The van der Waals surface area contributed by atoms with E-state index < -0.39 is 11.2 Å². The summed E-state index contributed by atoms with van der Waals surface area (Å²) in [5.41, 5.74) is 2.81. The van der Waals surface area contributed by atoms with Crippen LogP contribution in [0.3, 0.4) is 0 Å². The van der Waals surface area contributed by atoms with Gasteiger partial charge in [-0.3, -0.25) is 19.4 Å². The van der Waals surface area contributed by atoms with Crippen molar-refractivity contribution in [1.29, 1.82) is 0 Å². The van der Waals surface area contributed by atoms with Gasteiger partial charge in [-0.1, -0.05) is 28.0 Å². The standard InChI is InChI=1S/C13H12ClN7O2/c1-20-10-9(11(22)21(2)13(20)23)15-12(16-10)18-19-17-8-5-3-4-7(14)6-8/h3-6H,1-2H3,(H2,15,16,17,18). The fourth-order valence-electron chi connectivity index (χ4n) is 2.05. The number of H-pyrrole nitrogens is 1. The van der Waals surface area contributed by atoms with Crippen LogP contribution in [0, 0.1) is 0 Å². The molecule has 0 amide bonds. The first-order valence-corrected chi connectivity index (χ1v) is 6.93. The first kappa shape index (κ1) is 15.0. The molecule has 2 N–H and O–H groups in total. The molecule has 3 rings (SSSR count). The Balaban J connectivity index is 1.94. The number of aryl methyl sites for hydroxylation is 1. The Labute approximate surface area is 134 Å². The molecule has 0 saturated heterocycles. The summed E-state index contributed by atoms with van der Waals surface area (Å²) in [6.07, 6.45) is 0. The number of hydrogen-bond acceptors (Lipinski definition) is 5. The Bertz CT molecular complexity index is 1030. The molecule has 0 spiro atoms. The highest BCUT2D eigenvalue weighted by Crippen LogP contribution is 2.16. The van der Waals surface area contributed by atoms with Gasteiger partial charge in [0.1, 0.15) is 0 Å². The number of aromatic amines is 1. The van der Waals surface area contributed by atoms with Crippen LogP contribution in [0.4, 0.5) is 11.6 Å². The molecule has 3 aromatic rings. The number of imidazole rings is 1. The zero-order valence-corrected chi connectivity index (χ0v) is 13.0. The molecule has 0 fully saturated rings. The third-order valence-corrected chi connectivity index (χ3v) is 3.47. The lowest BCUT2D eigenvalue weighted by Crippen LogP contribution is -2.36. The van der Waals surface area contributed by atoms with Gasteiger partial charge in [0.15, 0.2) is 11.2 Å². The third-order valence-electron chi connectivity index (χ3n) is 3.23. The Hall–Kier alpha value is -2.94. The van der Waals surface area contributed by atoms with Gasteiger partial charge in [-0.25, -0.2) is 4.79 Å². The SMILES string of the molecule is Cn1c(=O)c2[nH]c(/N=N/Nc3cccc(Cl)c3)nc2n(C)c1=O. The quantitative estimate of drug-likeness (QED) is 0.561. The molecule has 2 heterocycles.